The normalized spacial score (nSPS) is 17.4. The van der Waals surface area contributed by atoms with Crippen molar-refractivity contribution >= 4 is 57.6 Å². The van der Waals surface area contributed by atoms with Gasteiger partial charge in [-0.15, -0.1) is 0 Å². The Morgan fingerprint density at radius 3 is 2.60 bits per heavy atom. The highest BCUT2D eigenvalue weighted by molar-refractivity contribution is 6.34. The summed E-state index contributed by atoms with van der Waals surface area (Å²) in [6.07, 6.45) is 3.10. The second kappa shape index (κ2) is 12.0. The largest absolute Gasteiger partial charge is 0.506 e. The number of hydrogen-bond acceptors (Lipinski definition) is 9. The Kier molecular flexibility index (Phi) is 8.20. The highest BCUT2D eigenvalue weighted by Gasteiger charge is 2.33. The second-order valence-corrected chi connectivity index (χ2v) is 12.2. The van der Waals surface area contributed by atoms with Crippen molar-refractivity contribution in [1.82, 2.24) is 24.0 Å². The SMILES string of the molecule is Cc1nc2c(c(-c3cc(Cl)c(O)c(C(N)=O)c3)cn2CC(=O)Nc2cc(N3CCN(C4COC4)C[C@@H]3C)ncc2Cl)c(=O)n1C. The number of carbonyl (C=O) groups excluding carboxylic acids is 2. The molecule has 13 nitrogen and oxygen atoms in total. The van der Waals surface area contributed by atoms with Crippen LogP contribution in [0.15, 0.2) is 35.4 Å². The molecule has 0 aliphatic carbocycles. The summed E-state index contributed by atoms with van der Waals surface area (Å²) in [6, 6.07) is 5.19. The number of pyridine rings is 1. The molecule has 4 aromatic rings. The molecule has 2 saturated heterocycles. The number of primary amides is 1. The maximum Gasteiger partial charge on any atom is 0.263 e. The molecule has 0 radical (unpaired) electrons. The molecular formula is C30H32Cl2N8O5. The number of benzene rings is 1. The fraction of sp³-hybridized carbons (Fsp3) is 0.367. The maximum atomic E-state index is 13.4. The summed E-state index contributed by atoms with van der Waals surface area (Å²) in [5.41, 5.74) is 6.25. The van der Waals surface area contributed by atoms with Crippen LogP contribution in [0, 0.1) is 6.92 Å². The number of anilines is 2. The van der Waals surface area contributed by atoms with Crippen molar-refractivity contribution in [1.29, 1.82) is 0 Å². The molecule has 1 aromatic carbocycles. The first kappa shape index (κ1) is 30.8. The molecule has 45 heavy (non-hydrogen) atoms. The quantitative estimate of drug-likeness (QED) is 0.272. The van der Waals surface area contributed by atoms with E-state index in [2.05, 4.69) is 32.0 Å². The Morgan fingerprint density at radius 2 is 1.93 bits per heavy atom. The van der Waals surface area contributed by atoms with E-state index in [0.29, 0.717) is 34.5 Å². The third-order valence-corrected chi connectivity index (χ3v) is 9.07. The van der Waals surface area contributed by atoms with E-state index in [1.807, 2.05) is 0 Å². The number of aryl methyl sites for hydroxylation is 1. The van der Waals surface area contributed by atoms with Crippen LogP contribution in [0.1, 0.15) is 23.1 Å². The van der Waals surface area contributed by atoms with Crippen molar-refractivity contribution < 1.29 is 19.4 Å². The average Bonchev–Trinajstić information content (AvgIpc) is 3.31. The lowest BCUT2D eigenvalue weighted by Crippen LogP contribution is -2.59. The summed E-state index contributed by atoms with van der Waals surface area (Å²) in [5.74, 6) is -0.631. The third kappa shape index (κ3) is 5.72. The summed E-state index contributed by atoms with van der Waals surface area (Å²) in [5, 5.41) is 13.5. The maximum absolute atomic E-state index is 13.4. The van der Waals surface area contributed by atoms with Gasteiger partial charge in [-0.2, -0.15) is 0 Å². The number of aromatic hydroxyl groups is 1. The average molecular weight is 656 g/mol. The molecule has 0 bridgehead atoms. The summed E-state index contributed by atoms with van der Waals surface area (Å²) in [7, 11) is 1.59. The zero-order chi connectivity index (χ0) is 32.2. The van der Waals surface area contributed by atoms with E-state index in [0.717, 1.165) is 32.8 Å². The zero-order valence-electron chi connectivity index (χ0n) is 24.9. The number of fused-ring (bicyclic) bond motifs is 1. The minimum absolute atomic E-state index is 0.118. The van der Waals surface area contributed by atoms with Gasteiger partial charge < -0.3 is 30.4 Å². The first-order valence-electron chi connectivity index (χ1n) is 14.4. The van der Waals surface area contributed by atoms with Gasteiger partial charge in [0.15, 0.2) is 0 Å². The molecule has 4 N–H and O–H groups in total. The van der Waals surface area contributed by atoms with Gasteiger partial charge in [-0.25, -0.2) is 9.97 Å². The molecule has 0 saturated carbocycles. The van der Waals surface area contributed by atoms with Crippen LogP contribution in [-0.2, 0) is 23.1 Å². The monoisotopic (exact) mass is 654 g/mol. The van der Waals surface area contributed by atoms with Gasteiger partial charge in [0.2, 0.25) is 5.91 Å². The lowest BCUT2D eigenvalue weighted by atomic mass is 10.0. The topological polar surface area (TPSA) is 161 Å². The van der Waals surface area contributed by atoms with Gasteiger partial charge in [-0.1, -0.05) is 23.2 Å². The van der Waals surface area contributed by atoms with E-state index >= 15 is 0 Å². The molecule has 3 aromatic heterocycles. The first-order chi connectivity index (χ1) is 21.4. The number of aromatic nitrogens is 4. The van der Waals surface area contributed by atoms with Crippen LogP contribution in [0.25, 0.3) is 22.2 Å². The predicted molar refractivity (Wildman–Crippen MR) is 171 cm³/mol. The van der Waals surface area contributed by atoms with Crippen LogP contribution < -0.4 is 21.5 Å². The molecule has 6 rings (SSSR count). The van der Waals surface area contributed by atoms with Gasteiger partial charge in [0, 0.05) is 50.6 Å². The minimum Gasteiger partial charge on any atom is -0.506 e. The molecular weight excluding hydrogens is 623 g/mol. The van der Waals surface area contributed by atoms with Gasteiger partial charge >= 0.3 is 0 Å². The van der Waals surface area contributed by atoms with Crippen LogP contribution in [0.2, 0.25) is 10.0 Å². The van der Waals surface area contributed by atoms with E-state index in [1.54, 1.807) is 30.8 Å². The Balaban J connectivity index is 1.30. The number of ether oxygens (including phenoxy) is 1. The first-order valence-corrected chi connectivity index (χ1v) is 15.1. The van der Waals surface area contributed by atoms with Gasteiger partial charge in [0.25, 0.3) is 11.5 Å². The highest BCUT2D eigenvalue weighted by atomic mass is 35.5. The van der Waals surface area contributed by atoms with Crippen molar-refractivity contribution in [2.45, 2.75) is 32.5 Å². The van der Waals surface area contributed by atoms with E-state index in [1.165, 1.54) is 22.9 Å². The van der Waals surface area contributed by atoms with Crippen molar-refractivity contribution in [2.75, 3.05) is 43.1 Å². The number of halogens is 2. The Bertz CT molecular complexity index is 1900. The number of hydrogen-bond donors (Lipinski definition) is 3. The molecule has 15 heteroatoms. The molecule has 1 atom stereocenters. The van der Waals surface area contributed by atoms with Crippen molar-refractivity contribution in [3.05, 3.63) is 62.4 Å². The molecule has 2 aliphatic rings. The number of phenols is 1. The van der Waals surface area contributed by atoms with Gasteiger partial charge in [-0.05, 0) is 31.5 Å². The molecule has 5 heterocycles. The molecule has 2 amide bonds. The van der Waals surface area contributed by atoms with Crippen molar-refractivity contribution in [3.8, 4) is 16.9 Å². The molecule has 236 valence electrons. The van der Waals surface area contributed by atoms with Crippen molar-refractivity contribution in [2.24, 2.45) is 12.8 Å². The number of piperazine rings is 1. The van der Waals surface area contributed by atoms with Gasteiger partial charge in [0.05, 0.1) is 52.1 Å². The van der Waals surface area contributed by atoms with E-state index in [9.17, 15) is 19.5 Å². The zero-order valence-corrected chi connectivity index (χ0v) is 26.4. The van der Waals surface area contributed by atoms with Gasteiger partial charge in [0.1, 0.15) is 29.6 Å². The molecule has 2 fully saturated rings. The fourth-order valence-corrected chi connectivity index (χ4v) is 6.19. The molecule has 0 spiro atoms. The highest BCUT2D eigenvalue weighted by Crippen LogP contribution is 2.36. The lowest BCUT2D eigenvalue weighted by Gasteiger charge is -2.46. The van der Waals surface area contributed by atoms with Crippen LogP contribution in [-0.4, -0.2) is 85.9 Å². The number of carbonyl (C=O) groups is 2. The van der Waals surface area contributed by atoms with E-state index in [4.69, 9.17) is 33.7 Å². The number of rotatable bonds is 7. The van der Waals surface area contributed by atoms with Crippen LogP contribution in [0.5, 0.6) is 5.75 Å². The van der Waals surface area contributed by atoms with E-state index < -0.39 is 17.6 Å². The standard InChI is InChI=1S/C30H32Cl2N8O5/c1-15-10-38(18-13-45-14-18)4-5-40(15)24-8-23(22(32)9-34-24)36-25(41)12-39-11-20(26-29(39)35-16(2)37(3)30(26)44)17-6-19(28(33)43)27(42)21(31)7-17/h6-9,11,15,18,42H,4-5,10,12-14H2,1-3H3,(H2,33,43)(H,34,36,41)/t15-/m0/s1. The van der Waals surface area contributed by atoms with Gasteiger partial charge in [-0.3, -0.25) is 23.9 Å². The minimum atomic E-state index is -0.890. The molecule has 0 unspecified atom stereocenters. The Morgan fingerprint density at radius 1 is 1.18 bits per heavy atom. The predicted octanol–water partition coefficient (Wildman–Crippen LogP) is 2.76. The number of nitrogens with one attached hydrogen (secondary N) is 1. The summed E-state index contributed by atoms with van der Waals surface area (Å²) in [6.45, 7) is 7.67. The van der Waals surface area contributed by atoms with Crippen LogP contribution in [0.3, 0.4) is 0 Å². The smallest absolute Gasteiger partial charge is 0.263 e. The van der Waals surface area contributed by atoms with Crippen LogP contribution >= 0.6 is 23.2 Å². The molecule has 2 aliphatic heterocycles. The Hall–Kier alpha value is -4.17. The number of nitrogens with zero attached hydrogens (tertiary/aromatic N) is 6. The van der Waals surface area contributed by atoms with Crippen molar-refractivity contribution in [3.63, 3.8) is 0 Å². The van der Waals surface area contributed by atoms with Crippen LogP contribution in [0.4, 0.5) is 11.5 Å². The van der Waals surface area contributed by atoms with E-state index in [-0.39, 0.29) is 44.8 Å². The summed E-state index contributed by atoms with van der Waals surface area (Å²) >= 11 is 12.7. The second-order valence-electron chi connectivity index (χ2n) is 11.4. The lowest BCUT2D eigenvalue weighted by molar-refractivity contribution is -0.116. The third-order valence-electron chi connectivity index (χ3n) is 8.48. The number of amides is 2. The summed E-state index contributed by atoms with van der Waals surface area (Å²) < 4.78 is 8.28. The number of nitrogens with two attached hydrogens (primary N) is 1. The Labute approximate surface area is 268 Å². The summed E-state index contributed by atoms with van der Waals surface area (Å²) in [4.78, 5) is 52.6. The fourth-order valence-electron chi connectivity index (χ4n) is 5.82.